The monoisotopic (exact) mass is 422 g/mol. The summed E-state index contributed by atoms with van der Waals surface area (Å²) < 4.78 is 2.66. The molecule has 0 saturated heterocycles. The third-order valence-corrected chi connectivity index (χ3v) is 4.32. The summed E-state index contributed by atoms with van der Waals surface area (Å²) in [7, 11) is 0. The molecule has 1 amide bonds. The predicted molar refractivity (Wildman–Crippen MR) is 107 cm³/mol. The van der Waals surface area contributed by atoms with E-state index in [1.54, 1.807) is 47.4 Å². The van der Waals surface area contributed by atoms with Gasteiger partial charge in [-0.1, -0.05) is 58.4 Å². The van der Waals surface area contributed by atoms with Crippen LogP contribution in [0.2, 0.25) is 0 Å². The Morgan fingerprint density at radius 3 is 2.41 bits per heavy atom. The van der Waals surface area contributed by atoms with E-state index >= 15 is 0 Å². The molecule has 0 spiro atoms. The summed E-state index contributed by atoms with van der Waals surface area (Å²) in [5.41, 5.74) is 4.43. The molecular formula is C21H17BrN3O2+. The van der Waals surface area contributed by atoms with Crippen LogP contribution in [0.5, 0.6) is 0 Å². The van der Waals surface area contributed by atoms with Gasteiger partial charge in [0.1, 0.15) is 5.56 Å². The van der Waals surface area contributed by atoms with Crippen LogP contribution in [0.4, 0.5) is 0 Å². The zero-order valence-electron chi connectivity index (χ0n) is 14.4. The molecule has 0 aliphatic rings. The summed E-state index contributed by atoms with van der Waals surface area (Å²) in [6.45, 7) is 0.160. The van der Waals surface area contributed by atoms with Gasteiger partial charge in [-0.2, -0.15) is 9.67 Å². The smallest absolute Gasteiger partial charge is 0.277 e. The minimum absolute atomic E-state index is 0.0218. The largest absolute Gasteiger partial charge is 0.287 e. The predicted octanol–water partition coefficient (Wildman–Crippen LogP) is 3.38. The van der Waals surface area contributed by atoms with Crippen molar-refractivity contribution in [1.29, 1.82) is 0 Å². The van der Waals surface area contributed by atoms with E-state index in [9.17, 15) is 9.59 Å². The van der Waals surface area contributed by atoms with Crippen LogP contribution in [-0.2, 0) is 6.54 Å². The number of nitrogens with zero attached hydrogens (tertiary/aromatic N) is 2. The van der Waals surface area contributed by atoms with Crippen LogP contribution in [0.3, 0.4) is 0 Å². The molecule has 27 heavy (non-hydrogen) atoms. The van der Waals surface area contributed by atoms with Gasteiger partial charge in [-0.15, -0.1) is 0 Å². The van der Waals surface area contributed by atoms with Crippen LogP contribution in [0.15, 0.2) is 88.7 Å². The Kier molecular flexibility index (Phi) is 6.22. The first-order chi connectivity index (χ1) is 13.1. The van der Waals surface area contributed by atoms with E-state index in [1.807, 2.05) is 42.5 Å². The molecule has 5 nitrogen and oxygen atoms in total. The molecule has 3 rings (SSSR count). The molecule has 0 aliphatic heterocycles. The second kappa shape index (κ2) is 9.00. The number of halogens is 1. The minimum Gasteiger partial charge on any atom is -0.287 e. The number of carbonyl (C=O) groups is 2. The number of pyridine rings is 1. The summed E-state index contributed by atoms with van der Waals surface area (Å²) in [6.07, 6.45) is 4.95. The highest BCUT2D eigenvalue weighted by molar-refractivity contribution is 9.10. The molecule has 6 heteroatoms. The topological polar surface area (TPSA) is 62.4 Å². The molecule has 0 unspecified atom stereocenters. The third-order valence-electron chi connectivity index (χ3n) is 3.79. The van der Waals surface area contributed by atoms with Gasteiger partial charge >= 0.3 is 0 Å². The fourth-order valence-corrected chi connectivity index (χ4v) is 2.68. The molecule has 0 saturated carbocycles. The van der Waals surface area contributed by atoms with Gasteiger partial charge in [-0.25, -0.2) is 5.43 Å². The highest BCUT2D eigenvalue weighted by Gasteiger charge is 2.14. The number of ketones is 1. The summed E-state index contributed by atoms with van der Waals surface area (Å²) in [5.74, 6) is -0.365. The Morgan fingerprint density at radius 2 is 1.67 bits per heavy atom. The maximum atomic E-state index is 12.3. The minimum atomic E-state index is -0.343. The van der Waals surface area contributed by atoms with E-state index in [0.717, 1.165) is 10.0 Å². The standard InChI is InChI=1S/C21H16BrN3O2/c22-19-10-8-16(9-11-19)13-23-24-21(27)18-7-4-12-25(14-18)15-20(26)17-5-2-1-3-6-17/h1-14H,15H2/p+1/b23-13-. The van der Waals surface area contributed by atoms with Crippen LogP contribution >= 0.6 is 15.9 Å². The van der Waals surface area contributed by atoms with Crippen molar-refractivity contribution in [3.63, 3.8) is 0 Å². The Labute approximate surface area is 165 Å². The molecule has 2 aromatic carbocycles. The van der Waals surface area contributed by atoms with Crippen molar-refractivity contribution in [2.24, 2.45) is 5.10 Å². The summed E-state index contributed by atoms with van der Waals surface area (Å²) >= 11 is 3.37. The van der Waals surface area contributed by atoms with E-state index in [0.29, 0.717) is 11.1 Å². The first-order valence-corrected chi connectivity index (χ1v) is 9.07. The number of Topliss-reactive ketones (excluding diaryl/α,β-unsaturated/α-hetero) is 1. The fraction of sp³-hybridized carbons (Fsp3) is 0.0476. The highest BCUT2D eigenvalue weighted by Crippen LogP contribution is 2.09. The number of amides is 1. The molecule has 3 aromatic rings. The third kappa shape index (κ3) is 5.43. The second-order valence-corrected chi connectivity index (χ2v) is 6.72. The molecule has 1 N–H and O–H groups in total. The van der Waals surface area contributed by atoms with E-state index in [4.69, 9.17) is 0 Å². The lowest BCUT2D eigenvalue weighted by Crippen LogP contribution is -2.38. The molecule has 1 aromatic heterocycles. The van der Waals surface area contributed by atoms with Crippen LogP contribution in [0.25, 0.3) is 0 Å². The number of aromatic nitrogens is 1. The number of rotatable bonds is 6. The zero-order chi connectivity index (χ0) is 19.1. The van der Waals surface area contributed by atoms with Crippen molar-refractivity contribution in [3.05, 3.63) is 100 Å². The van der Waals surface area contributed by atoms with Gasteiger partial charge in [0.2, 0.25) is 12.3 Å². The van der Waals surface area contributed by atoms with Gasteiger partial charge in [0, 0.05) is 16.1 Å². The Bertz CT molecular complexity index is 970. The molecule has 1 heterocycles. The van der Waals surface area contributed by atoms with Crippen LogP contribution in [0, 0.1) is 0 Å². The number of nitrogens with one attached hydrogen (secondary N) is 1. The number of benzene rings is 2. The lowest BCUT2D eigenvalue weighted by molar-refractivity contribution is -0.683. The van der Waals surface area contributed by atoms with E-state index in [1.165, 1.54) is 0 Å². The van der Waals surface area contributed by atoms with Crippen molar-refractivity contribution < 1.29 is 14.2 Å². The zero-order valence-corrected chi connectivity index (χ0v) is 16.0. The average Bonchev–Trinajstić information content (AvgIpc) is 2.70. The summed E-state index contributed by atoms with van der Waals surface area (Å²) in [6, 6.07) is 20.0. The fourth-order valence-electron chi connectivity index (χ4n) is 2.41. The number of hydrogen-bond donors (Lipinski definition) is 1. The van der Waals surface area contributed by atoms with Gasteiger partial charge in [0.05, 0.1) is 6.21 Å². The lowest BCUT2D eigenvalue weighted by Gasteiger charge is -2.01. The van der Waals surface area contributed by atoms with E-state index in [2.05, 4.69) is 26.5 Å². The molecular weight excluding hydrogens is 406 g/mol. The Balaban J connectivity index is 1.63. The summed E-state index contributed by atoms with van der Waals surface area (Å²) in [5, 5.41) is 3.97. The molecule has 134 valence electrons. The second-order valence-electron chi connectivity index (χ2n) is 5.80. The van der Waals surface area contributed by atoms with Crippen LogP contribution < -0.4 is 9.99 Å². The molecule has 0 aliphatic carbocycles. The Hall–Kier alpha value is -3.12. The number of hydrogen-bond acceptors (Lipinski definition) is 3. The van der Waals surface area contributed by atoms with Gasteiger partial charge in [-0.3, -0.25) is 9.59 Å². The Morgan fingerprint density at radius 1 is 0.963 bits per heavy atom. The van der Waals surface area contributed by atoms with Gasteiger partial charge in [-0.05, 0) is 23.8 Å². The van der Waals surface area contributed by atoms with Crippen molar-refractivity contribution in [3.8, 4) is 0 Å². The number of hydrazone groups is 1. The van der Waals surface area contributed by atoms with Crippen LogP contribution in [-0.4, -0.2) is 17.9 Å². The average molecular weight is 423 g/mol. The molecule has 0 atom stereocenters. The number of carbonyl (C=O) groups excluding carboxylic acids is 2. The highest BCUT2D eigenvalue weighted by atomic mass is 79.9. The molecule has 0 radical (unpaired) electrons. The van der Waals surface area contributed by atoms with Crippen LogP contribution in [0.1, 0.15) is 26.3 Å². The molecule has 0 fully saturated rings. The SMILES string of the molecule is O=C(C[n+]1cccc(C(=O)N/N=C\c2ccc(Br)cc2)c1)c1ccccc1. The van der Waals surface area contributed by atoms with Crippen molar-refractivity contribution in [2.75, 3.05) is 0 Å². The quantitative estimate of drug-likeness (QED) is 0.286. The van der Waals surface area contributed by atoms with Crippen molar-refractivity contribution >= 4 is 33.8 Å². The first kappa shape index (κ1) is 18.7. The normalized spacial score (nSPS) is 10.7. The van der Waals surface area contributed by atoms with Gasteiger partial charge in [0.15, 0.2) is 12.4 Å². The maximum Gasteiger partial charge on any atom is 0.277 e. The van der Waals surface area contributed by atoms with Crippen molar-refractivity contribution in [2.45, 2.75) is 6.54 Å². The van der Waals surface area contributed by atoms with E-state index < -0.39 is 0 Å². The van der Waals surface area contributed by atoms with Crippen molar-refractivity contribution in [1.82, 2.24) is 5.43 Å². The first-order valence-electron chi connectivity index (χ1n) is 8.28. The van der Waals surface area contributed by atoms with Gasteiger partial charge < -0.3 is 0 Å². The van der Waals surface area contributed by atoms with Gasteiger partial charge in [0.25, 0.3) is 5.91 Å². The lowest BCUT2D eigenvalue weighted by atomic mass is 10.1. The van der Waals surface area contributed by atoms with E-state index in [-0.39, 0.29) is 18.2 Å². The molecule has 0 bridgehead atoms. The maximum absolute atomic E-state index is 12.3. The summed E-state index contributed by atoms with van der Waals surface area (Å²) in [4.78, 5) is 24.6.